The van der Waals surface area contributed by atoms with Gasteiger partial charge in [-0.25, -0.2) is 8.42 Å². The first-order chi connectivity index (χ1) is 13.3. The SMILES string of the molecule is Cc1cccc(NS(=O)(=O)c2cc(NC(=O)CCc3ccsc3)ccc2C)c1. The molecule has 1 heterocycles. The summed E-state index contributed by atoms with van der Waals surface area (Å²) in [5.41, 5.74) is 3.66. The van der Waals surface area contributed by atoms with Crippen molar-refractivity contribution in [2.75, 3.05) is 10.0 Å². The molecule has 0 radical (unpaired) electrons. The number of benzene rings is 2. The minimum absolute atomic E-state index is 0.143. The third-order valence-corrected chi connectivity index (χ3v) is 6.51. The first kappa shape index (κ1) is 20.1. The number of aryl methyl sites for hydroxylation is 3. The van der Waals surface area contributed by atoms with Gasteiger partial charge in [0.1, 0.15) is 0 Å². The number of hydrogen-bond donors (Lipinski definition) is 2. The van der Waals surface area contributed by atoms with Crippen LogP contribution in [-0.2, 0) is 21.2 Å². The maximum absolute atomic E-state index is 12.8. The minimum Gasteiger partial charge on any atom is -0.326 e. The van der Waals surface area contributed by atoms with Crippen LogP contribution in [0.1, 0.15) is 23.1 Å². The molecule has 0 atom stereocenters. The van der Waals surface area contributed by atoms with E-state index < -0.39 is 10.0 Å². The molecule has 0 fully saturated rings. The Bertz CT molecular complexity index is 1070. The lowest BCUT2D eigenvalue weighted by molar-refractivity contribution is -0.116. The van der Waals surface area contributed by atoms with Crippen LogP contribution in [0.5, 0.6) is 0 Å². The van der Waals surface area contributed by atoms with Gasteiger partial charge in [-0.05, 0) is 78.1 Å². The van der Waals surface area contributed by atoms with E-state index in [2.05, 4.69) is 10.0 Å². The number of carbonyl (C=O) groups is 1. The summed E-state index contributed by atoms with van der Waals surface area (Å²) >= 11 is 1.60. The Labute approximate surface area is 169 Å². The predicted octanol–water partition coefficient (Wildman–Crippen LogP) is 4.74. The molecule has 7 heteroatoms. The van der Waals surface area contributed by atoms with Crippen LogP contribution in [-0.4, -0.2) is 14.3 Å². The molecule has 3 aromatic rings. The normalized spacial score (nSPS) is 11.2. The second kappa shape index (κ2) is 8.58. The lowest BCUT2D eigenvalue weighted by Gasteiger charge is -2.13. The van der Waals surface area contributed by atoms with Crippen LogP contribution in [0.3, 0.4) is 0 Å². The van der Waals surface area contributed by atoms with Gasteiger partial charge < -0.3 is 5.32 Å². The van der Waals surface area contributed by atoms with Crippen molar-refractivity contribution in [1.82, 2.24) is 0 Å². The van der Waals surface area contributed by atoms with E-state index >= 15 is 0 Å². The fourth-order valence-corrected chi connectivity index (χ4v) is 4.83. The zero-order valence-electron chi connectivity index (χ0n) is 15.7. The Morgan fingerprint density at radius 2 is 1.86 bits per heavy atom. The highest BCUT2D eigenvalue weighted by Crippen LogP contribution is 2.23. The van der Waals surface area contributed by atoms with Gasteiger partial charge in [-0.3, -0.25) is 9.52 Å². The summed E-state index contributed by atoms with van der Waals surface area (Å²) < 4.78 is 28.3. The van der Waals surface area contributed by atoms with Crippen molar-refractivity contribution in [2.24, 2.45) is 0 Å². The van der Waals surface area contributed by atoms with Crippen LogP contribution in [0.2, 0.25) is 0 Å². The van der Waals surface area contributed by atoms with Crippen LogP contribution < -0.4 is 10.0 Å². The molecule has 1 amide bonds. The Balaban J connectivity index is 1.74. The third-order valence-electron chi connectivity index (χ3n) is 4.25. The summed E-state index contributed by atoms with van der Waals surface area (Å²) in [6.45, 7) is 3.63. The quantitative estimate of drug-likeness (QED) is 0.586. The second-order valence-corrected chi connectivity index (χ2v) is 9.07. The largest absolute Gasteiger partial charge is 0.326 e. The number of amides is 1. The summed E-state index contributed by atoms with van der Waals surface area (Å²) in [7, 11) is -3.77. The van der Waals surface area contributed by atoms with Crippen molar-refractivity contribution < 1.29 is 13.2 Å². The van der Waals surface area contributed by atoms with Gasteiger partial charge in [0, 0.05) is 17.8 Å². The second-order valence-electron chi connectivity index (χ2n) is 6.64. The summed E-state index contributed by atoms with van der Waals surface area (Å²) in [5.74, 6) is -0.148. The molecule has 2 N–H and O–H groups in total. The van der Waals surface area contributed by atoms with Crippen LogP contribution in [0.15, 0.2) is 64.2 Å². The van der Waals surface area contributed by atoms with Crippen molar-refractivity contribution in [3.8, 4) is 0 Å². The summed E-state index contributed by atoms with van der Waals surface area (Å²) in [6.07, 6.45) is 0.996. The van der Waals surface area contributed by atoms with Gasteiger partial charge in [-0.2, -0.15) is 11.3 Å². The predicted molar refractivity (Wildman–Crippen MR) is 114 cm³/mol. The summed E-state index contributed by atoms with van der Waals surface area (Å²) in [6, 6.07) is 14.1. The lowest BCUT2D eigenvalue weighted by Crippen LogP contribution is -2.16. The molecule has 28 heavy (non-hydrogen) atoms. The molecule has 0 aliphatic rings. The Hall–Kier alpha value is -2.64. The van der Waals surface area contributed by atoms with E-state index in [0.717, 1.165) is 11.1 Å². The fourth-order valence-electron chi connectivity index (χ4n) is 2.80. The highest BCUT2D eigenvalue weighted by molar-refractivity contribution is 7.92. The number of thiophene rings is 1. The van der Waals surface area contributed by atoms with E-state index in [-0.39, 0.29) is 10.8 Å². The molecule has 0 unspecified atom stereocenters. The van der Waals surface area contributed by atoms with Gasteiger partial charge in [0.2, 0.25) is 5.91 Å². The molecule has 0 saturated carbocycles. The fraction of sp³-hybridized carbons (Fsp3) is 0.190. The van der Waals surface area contributed by atoms with Crippen LogP contribution in [0, 0.1) is 13.8 Å². The highest BCUT2D eigenvalue weighted by atomic mass is 32.2. The number of carbonyl (C=O) groups excluding carboxylic acids is 1. The van der Waals surface area contributed by atoms with Crippen LogP contribution in [0.25, 0.3) is 0 Å². The molecular weight excluding hydrogens is 392 g/mol. The van der Waals surface area contributed by atoms with E-state index in [9.17, 15) is 13.2 Å². The molecule has 146 valence electrons. The summed E-state index contributed by atoms with van der Waals surface area (Å²) in [4.78, 5) is 12.4. The number of rotatable bonds is 7. The Morgan fingerprint density at radius 1 is 1.04 bits per heavy atom. The van der Waals surface area contributed by atoms with Gasteiger partial charge in [-0.15, -0.1) is 0 Å². The monoisotopic (exact) mass is 414 g/mol. The lowest BCUT2D eigenvalue weighted by atomic mass is 10.2. The molecule has 2 aromatic carbocycles. The van der Waals surface area contributed by atoms with E-state index in [4.69, 9.17) is 0 Å². The van der Waals surface area contributed by atoms with Crippen LogP contribution in [0.4, 0.5) is 11.4 Å². The molecule has 1 aromatic heterocycles. The van der Waals surface area contributed by atoms with Crippen molar-refractivity contribution in [3.05, 3.63) is 76.0 Å². The van der Waals surface area contributed by atoms with Crippen molar-refractivity contribution in [1.29, 1.82) is 0 Å². The molecular formula is C21H22N2O3S2. The maximum Gasteiger partial charge on any atom is 0.262 e. The molecule has 0 spiro atoms. The molecule has 0 aliphatic heterocycles. The van der Waals surface area contributed by atoms with E-state index in [1.54, 1.807) is 48.6 Å². The van der Waals surface area contributed by atoms with Gasteiger partial charge in [0.05, 0.1) is 4.90 Å². The van der Waals surface area contributed by atoms with E-state index in [0.29, 0.717) is 29.8 Å². The third kappa shape index (κ3) is 5.21. The maximum atomic E-state index is 12.8. The first-order valence-electron chi connectivity index (χ1n) is 8.84. The highest BCUT2D eigenvalue weighted by Gasteiger charge is 2.18. The van der Waals surface area contributed by atoms with Gasteiger partial charge in [-0.1, -0.05) is 18.2 Å². The van der Waals surface area contributed by atoms with E-state index in [1.165, 1.54) is 6.07 Å². The first-order valence-corrected chi connectivity index (χ1v) is 11.3. The number of nitrogens with one attached hydrogen (secondary N) is 2. The minimum atomic E-state index is -3.77. The zero-order chi connectivity index (χ0) is 20.1. The number of sulfonamides is 1. The average Bonchev–Trinajstić information content (AvgIpc) is 3.15. The van der Waals surface area contributed by atoms with Crippen molar-refractivity contribution >= 4 is 38.6 Å². The molecule has 5 nitrogen and oxygen atoms in total. The van der Waals surface area contributed by atoms with Crippen LogP contribution >= 0.6 is 11.3 Å². The zero-order valence-corrected chi connectivity index (χ0v) is 17.4. The van der Waals surface area contributed by atoms with Gasteiger partial charge >= 0.3 is 0 Å². The molecule has 0 saturated heterocycles. The van der Waals surface area contributed by atoms with Crippen molar-refractivity contribution in [2.45, 2.75) is 31.6 Å². The smallest absolute Gasteiger partial charge is 0.262 e. The topological polar surface area (TPSA) is 75.3 Å². The van der Waals surface area contributed by atoms with Crippen molar-refractivity contribution in [3.63, 3.8) is 0 Å². The Kier molecular flexibility index (Phi) is 6.16. The Morgan fingerprint density at radius 3 is 2.57 bits per heavy atom. The van der Waals surface area contributed by atoms with E-state index in [1.807, 2.05) is 29.8 Å². The molecule has 0 bridgehead atoms. The molecule has 3 rings (SSSR count). The summed E-state index contributed by atoms with van der Waals surface area (Å²) in [5, 5.41) is 6.78. The van der Waals surface area contributed by atoms with Gasteiger partial charge in [0.15, 0.2) is 0 Å². The number of hydrogen-bond acceptors (Lipinski definition) is 4. The molecule has 0 aliphatic carbocycles. The number of anilines is 2. The van der Waals surface area contributed by atoms with Gasteiger partial charge in [0.25, 0.3) is 10.0 Å². The average molecular weight is 415 g/mol. The standard InChI is InChI=1S/C21H22N2O3S2/c1-15-4-3-5-19(12-15)23-28(25,26)20-13-18(8-6-16(20)2)22-21(24)9-7-17-10-11-27-14-17/h3-6,8,10-14,23H,7,9H2,1-2H3,(H,22,24).